The first-order valence-electron chi connectivity index (χ1n) is 3.39. The van der Waals surface area contributed by atoms with Crippen LogP contribution < -0.4 is 5.69 Å². The summed E-state index contributed by atoms with van der Waals surface area (Å²) in [6, 6.07) is 1.72. The van der Waals surface area contributed by atoms with Gasteiger partial charge in [-0.25, -0.2) is 9.89 Å². The van der Waals surface area contributed by atoms with E-state index in [4.69, 9.17) is 0 Å². The predicted octanol–water partition coefficient (Wildman–Crippen LogP) is 0.113. The molecule has 0 aromatic carbocycles. The van der Waals surface area contributed by atoms with Crippen molar-refractivity contribution >= 4 is 15.9 Å². The van der Waals surface area contributed by atoms with Crippen molar-refractivity contribution in [2.24, 2.45) is 0 Å². The molecular weight excluding hydrogens is 238 g/mol. The van der Waals surface area contributed by atoms with E-state index in [1.54, 1.807) is 12.3 Å². The van der Waals surface area contributed by atoms with Crippen LogP contribution in [0.4, 0.5) is 0 Å². The molecule has 0 unspecified atom stereocenters. The molecule has 2 heterocycles. The van der Waals surface area contributed by atoms with E-state index in [9.17, 15) is 4.79 Å². The maximum absolute atomic E-state index is 11.1. The Labute approximate surface area is 80.7 Å². The van der Waals surface area contributed by atoms with Crippen LogP contribution in [0.25, 0.3) is 5.69 Å². The molecule has 7 heteroatoms. The van der Waals surface area contributed by atoms with E-state index >= 15 is 0 Å². The highest BCUT2D eigenvalue weighted by atomic mass is 79.9. The van der Waals surface area contributed by atoms with E-state index in [1.165, 1.54) is 6.20 Å². The smallest absolute Gasteiger partial charge is 0.261 e. The van der Waals surface area contributed by atoms with E-state index in [0.29, 0.717) is 5.69 Å². The SMILES string of the molecule is O=c1[nH]nnn1-c1cncc(Br)c1. The van der Waals surface area contributed by atoms with Gasteiger partial charge in [-0.15, -0.1) is 0 Å². The zero-order valence-electron chi connectivity index (χ0n) is 6.31. The molecule has 2 aromatic heterocycles. The molecule has 66 valence electrons. The van der Waals surface area contributed by atoms with Crippen molar-refractivity contribution in [3.63, 3.8) is 0 Å². The van der Waals surface area contributed by atoms with E-state index in [0.717, 1.165) is 9.15 Å². The first-order chi connectivity index (χ1) is 6.27. The lowest BCUT2D eigenvalue weighted by molar-refractivity contribution is 0.776. The lowest BCUT2D eigenvalue weighted by Gasteiger charge is -1.96. The molecule has 2 rings (SSSR count). The van der Waals surface area contributed by atoms with Gasteiger partial charge in [0.1, 0.15) is 0 Å². The van der Waals surface area contributed by atoms with Crippen LogP contribution in [-0.4, -0.2) is 25.2 Å². The third-order valence-corrected chi connectivity index (χ3v) is 1.84. The molecule has 0 atom stereocenters. The Morgan fingerprint density at radius 2 is 2.31 bits per heavy atom. The van der Waals surface area contributed by atoms with Crippen LogP contribution in [0.5, 0.6) is 0 Å². The van der Waals surface area contributed by atoms with Crippen molar-refractivity contribution in [3.05, 3.63) is 33.4 Å². The van der Waals surface area contributed by atoms with Gasteiger partial charge in [0, 0.05) is 10.7 Å². The number of nitrogens with zero attached hydrogens (tertiary/aromatic N) is 4. The van der Waals surface area contributed by atoms with E-state index < -0.39 is 0 Å². The van der Waals surface area contributed by atoms with Gasteiger partial charge >= 0.3 is 5.69 Å². The number of nitrogens with one attached hydrogen (secondary N) is 1. The molecule has 0 radical (unpaired) electrons. The second-order valence-electron chi connectivity index (χ2n) is 2.28. The minimum absolute atomic E-state index is 0.389. The Morgan fingerprint density at radius 3 is 2.92 bits per heavy atom. The van der Waals surface area contributed by atoms with Crippen molar-refractivity contribution in [3.8, 4) is 5.69 Å². The van der Waals surface area contributed by atoms with Gasteiger partial charge in [0.25, 0.3) is 0 Å². The largest absolute Gasteiger partial charge is 0.365 e. The number of aromatic amines is 1. The molecule has 0 saturated heterocycles. The van der Waals surface area contributed by atoms with E-state index in [2.05, 4.69) is 36.4 Å². The van der Waals surface area contributed by atoms with Gasteiger partial charge in [-0.2, -0.15) is 4.68 Å². The fourth-order valence-corrected chi connectivity index (χ4v) is 1.24. The first-order valence-corrected chi connectivity index (χ1v) is 4.18. The summed E-state index contributed by atoms with van der Waals surface area (Å²) in [5.41, 5.74) is 0.174. The number of halogens is 1. The molecule has 0 aliphatic carbocycles. The molecule has 6 nitrogen and oxygen atoms in total. The summed E-state index contributed by atoms with van der Waals surface area (Å²) in [4.78, 5) is 15.0. The van der Waals surface area contributed by atoms with Crippen LogP contribution in [0.3, 0.4) is 0 Å². The minimum atomic E-state index is -0.389. The van der Waals surface area contributed by atoms with Crippen LogP contribution in [0.2, 0.25) is 0 Å². The Morgan fingerprint density at radius 1 is 1.46 bits per heavy atom. The van der Waals surface area contributed by atoms with Crippen LogP contribution in [-0.2, 0) is 0 Å². The summed E-state index contributed by atoms with van der Waals surface area (Å²) in [6.07, 6.45) is 3.14. The molecule has 0 aliphatic rings. The van der Waals surface area contributed by atoms with Gasteiger partial charge in [0.2, 0.25) is 0 Å². The summed E-state index contributed by atoms with van der Waals surface area (Å²) in [5.74, 6) is 0. The molecule has 0 saturated carbocycles. The minimum Gasteiger partial charge on any atom is -0.261 e. The third-order valence-electron chi connectivity index (χ3n) is 1.41. The van der Waals surface area contributed by atoms with Crippen molar-refractivity contribution in [2.75, 3.05) is 0 Å². The van der Waals surface area contributed by atoms with Gasteiger partial charge < -0.3 is 0 Å². The number of pyridine rings is 1. The zero-order chi connectivity index (χ0) is 9.26. The van der Waals surface area contributed by atoms with Gasteiger partial charge in [0.15, 0.2) is 0 Å². The molecule has 1 N–H and O–H groups in total. The maximum atomic E-state index is 11.1. The van der Waals surface area contributed by atoms with E-state index in [-0.39, 0.29) is 5.69 Å². The van der Waals surface area contributed by atoms with Crippen molar-refractivity contribution in [2.45, 2.75) is 0 Å². The number of tetrazole rings is 1. The fourth-order valence-electron chi connectivity index (χ4n) is 0.883. The molecule has 0 aliphatic heterocycles. The van der Waals surface area contributed by atoms with Gasteiger partial charge in [-0.05, 0) is 32.4 Å². The van der Waals surface area contributed by atoms with Gasteiger partial charge in [-0.1, -0.05) is 0 Å². The summed E-state index contributed by atoms with van der Waals surface area (Å²) in [5, 5.41) is 9.11. The van der Waals surface area contributed by atoms with Gasteiger partial charge in [-0.3, -0.25) is 4.98 Å². The monoisotopic (exact) mass is 241 g/mol. The summed E-state index contributed by atoms with van der Waals surface area (Å²) < 4.78 is 1.90. The lowest BCUT2D eigenvalue weighted by atomic mass is 10.4. The maximum Gasteiger partial charge on any atom is 0.365 e. The topological polar surface area (TPSA) is 76.5 Å². The number of H-pyrrole nitrogens is 1. The average Bonchev–Trinajstić information content (AvgIpc) is 2.51. The summed E-state index contributed by atoms with van der Waals surface area (Å²) >= 11 is 3.24. The van der Waals surface area contributed by atoms with Crippen molar-refractivity contribution < 1.29 is 0 Å². The van der Waals surface area contributed by atoms with Crippen molar-refractivity contribution in [1.29, 1.82) is 0 Å². The first kappa shape index (κ1) is 8.11. The Bertz CT molecular complexity index is 476. The highest BCUT2D eigenvalue weighted by molar-refractivity contribution is 9.10. The third kappa shape index (κ3) is 1.50. The number of rotatable bonds is 1. The second kappa shape index (κ2) is 3.09. The number of aromatic nitrogens is 5. The van der Waals surface area contributed by atoms with Crippen LogP contribution in [0, 0.1) is 0 Å². The summed E-state index contributed by atoms with van der Waals surface area (Å²) in [7, 11) is 0. The number of hydrogen-bond donors (Lipinski definition) is 1. The fraction of sp³-hybridized carbons (Fsp3) is 0. The van der Waals surface area contributed by atoms with E-state index in [1.807, 2.05) is 0 Å². The van der Waals surface area contributed by atoms with Crippen LogP contribution in [0.15, 0.2) is 27.7 Å². The highest BCUT2D eigenvalue weighted by Gasteiger charge is 2.02. The van der Waals surface area contributed by atoms with Crippen molar-refractivity contribution in [1.82, 2.24) is 25.2 Å². The molecule has 0 amide bonds. The normalized spacial score (nSPS) is 10.2. The molecule has 0 spiro atoms. The second-order valence-corrected chi connectivity index (χ2v) is 3.20. The average molecular weight is 242 g/mol. The molecule has 13 heavy (non-hydrogen) atoms. The Balaban J connectivity index is 2.59. The zero-order valence-corrected chi connectivity index (χ0v) is 7.89. The summed E-state index contributed by atoms with van der Waals surface area (Å²) in [6.45, 7) is 0. The Kier molecular flexibility index (Phi) is 1.93. The molecule has 0 bridgehead atoms. The number of hydrogen-bond acceptors (Lipinski definition) is 4. The van der Waals surface area contributed by atoms with Crippen LogP contribution >= 0.6 is 15.9 Å². The highest BCUT2D eigenvalue weighted by Crippen LogP contribution is 2.10. The van der Waals surface area contributed by atoms with Crippen LogP contribution in [0.1, 0.15) is 0 Å². The predicted molar refractivity (Wildman–Crippen MR) is 47.5 cm³/mol. The molecular formula is C6H4BrN5O. The molecule has 2 aromatic rings. The standard InChI is InChI=1S/C6H4BrN5O/c7-4-1-5(3-8-2-4)12-6(13)9-10-11-12/h1-3H,(H,9,11,13). The molecule has 0 fully saturated rings. The quantitative estimate of drug-likeness (QED) is 0.770. The van der Waals surface area contributed by atoms with Gasteiger partial charge in [0.05, 0.1) is 11.9 Å². The lowest BCUT2D eigenvalue weighted by Crippen LogP contribution is -2.16. The Hall–Kier alpha value is -1.50.